The molecule has 0 unspecified atom stereocenters. The molecular formula is C27H30F2N4O2. The highest BCUT2D eigenvalue weighted by molar-refractivity contribution is 6.53. The highest BCUT2D eigenvalue weighted by atomic mass is 19.1. The number of halogens is 2. The Kier molecular flexibility index (Phi) is 8.95. The fraction of sp³-hybridized carbons (Fsp3) is 0.296. The quantitative estimate of drug-likeness (QED) is 0.225. The van der Waals surface area contributed by atoms with E-state index >= 15 is 0 Å². The summed E-state index contributed by atoms with van der Waals surface area (Å²) in [7, 11) is 1.65. The molecule has 0 amide bonds. The summed E-state index contributed by atoms with van der Waals surface area (Å²) < 4.78 is 39.3. The lowest BCUT2D eigenvalue weighted by Gasteiger charge is -2.15. The van der Waals surface area contributed by atoms with Gasteiger partial charge in [-0.3, -0.25) is 5.41 Å². The van der Waals surface area contributed by atoms with Gasteiger partial charge in [0.1, 0.15) is 28.9 Å². The third-order valence-electron chi connectivity index (χ3n) is 5.49. The number of para-hydroxylation sites is 1. The second-order valence-corrected chi connectivity index (χ2v) is 7.95. The van der Waals surface area contributed by atoms with Crippen LogP contribution in [0.3, 0.4) is 0 Å². The monoisotopic (exact) mass is 480 g/mol. The molecule has 35 heavy (non-hydrogen) atoms. The van der Waals surface area contributed by atoms with Gasteiger partial charge in [-0.05, 0) is 38.8 Å². The number of hydrogen-bond donors (Lipinski definition) is 3. The zero-order chi connectivity index (χ0) is 25.4. The van der Waals surface area contributed by atoms with Crippen LogP contribution < -0.4 is 15.8 Å². The van der Waals surface area contributed by atoms with Crippen molar-refractivity contribution in [2.24, 2.45) is 10.7 Å². The average molecular weight is 481 g/mol. The van der Waals surface area contributed by atoms with Gasteiger partial charge in [-0.1, -0.05) is 18.2 Å². The highest BCUT2D eigenvalue weighted by Crippen LogP contribution is 2.25. The summed E-state index contributed by atoms with van der Waals surface area (Å²) in [6.07, 6.45) is 3.27. The Hall–Kier alpha value is -3.74. The molecule has 0 saturated carbocycles. The fourth-order valence-electron chi connectivity index (χ4n) is 3.63. The number of allylic oxidation sites excluding steroid dienone is 2. The van der Waals surface area contributed by atoms with Gasteiger partial charge >= 0.3 is 0 Å². The van der Waals surface area contributed by atoms with Crippen LogP contribution in [0, 0.1) is 17.0 Å². The van der Waals surface area contributed by atoms with Crippen molar-refractivity contribution in [1.29, 1.82) is 5.41 Å². The Morgan fingerprint density at radius 2 is 1.91 bits per heavy atom. The molecule has 0 saturated heterocycles. The van der Waals surface area contributed by atoms with Crippen LogP contribution in [0.2, 0.25) is 0 Å². The molecule has 3 rings (SSSR count). The number of nitrogens with two attached hydrogens (primary N) is 1. The summed E-state index contributed by atoms with van der Waals surface area (Å²) in [6, 6.07) is 9.39. The molecule has 1 heterocycles. The van der Waals surface area contributed by atoms with E-state index in [0.717, 1.165) is 24.1 Å². The summed E-state index contributed by atoms with van der Waals surface area (Å²) in [4.78, 5) is 4.52. The number of aliphatic imine (C=N–C) groups is 1. The van der Waals surface area contributed by atoms with Gasteiger partial charge in [0.05, 0.1) is 12.3 Å². The maximum Gasteiger partial charge on any atom is 0.134 e. The molecule has 1 aliphatic rings. The smallest absolute Gasteiger partial charge is 0.134 e. The minimum absolute atomic E-state index is 0.110. The number of anilines is 1. The molecule has 0 fully saturated rings. The molecule has 8 heteroatoms. The number of rotatable bonds is 11. The minimum atomic E-state index is -0.704. The van der Waals surface area contributed by atoms with Crippen molar-refractivity contribution in [3.05, 3.63) is 87.9 Å². The second-order valence-electron chi connectivity index (χ2n) is 7.95. The standard InChI is InChI=1S/C27H30F2N4O2/c1-4-35-19-14-22(28)21(23(29)15-19)16-32-24-10-6-5-9-20(24)25(30)26-17(2)11-12-18(27(31)33-26)8-7-13-34-3/h5-6,9-10,12,14-15,30,32H,4,7-8,13,16,31H2,1-3H3. The summed E-state index contributed by atoms with van der Waals surface area (Å²) in [5, 5.41) is 11.9. The van der Waals surface area contributed by atoms with Gasteiger partial charge in [-0.15, -0.1) is 5.73 Å². The summed E-state index contributed by atoms with van der Waals surface area (Å²) in [5.74, 6) is -0.939. The number of nitrogens with one attached hydrogen (secondary N) is 2. The molecule has 0 radical (unpaired) electrons. The van der Waals surface area contributed by atoms with Gasteiger partial charge in [0.15, 0.2) is 0 Å². The molecule has 0 spiro atoms. The Morgan fingerprint density at radius 3 is 2.60 bits per heavy atom. The number of hydrogen-bond acceptors (Lipinski definition) is 6. The number of methoxy groups -OCH3 is 1. The van der Waals surface area contributed by atoms with Crippen molar-refractivity contribution in [2.45, 2.75) is 33.2 Å². The van der Waals surface area contributed by atoms with Gasteiger partial charge in [-0.25, -0.2) is 13.8 Å². The highest BCUT2D eigenvalue weighted by Gasteiger charge is 2.19. The Morgan fingerprint density at radius 1 is 1.20 bits per heavy atom. The minimum Gasteiger partial charge on any atom is -0.494 e. The van der Waals surface area contributed by atoms with Gasteiger partial charge < -0.3 is 20.5 Å². The first-order chi connectivity index (χ1) is 16.8. The van der Waals surface area contributed by atoms with E-state index in [1.807, 2.05) is 6.92 Å². The Labute approximate surface area is 204 Å². The lowest BCUT2D eigenvalue weighted by molar-refractivity contribution is 0.195. The van der Waals surface area contributed by atoms with Crippen molar-refractivity contribution in [1.82, 2.24) is 0 Å². The van der Waals surface area contributed by atoms with Crippen molar-refractivity contribution in [3.63, 3.8) is 0 Å². The van der Waals surface area contributed by atoms with E-state index in [4.69, 9.17) is 20.6 Å². The van der Waals surface area contributed by atoms with Gasteiger partial charge in [0, 0.05) is 60.4 Å². The van der Waals surface area contributed by atoms with Crippen LogP contribution in [0.15, 0.2) is 70.2 Å². The van der Waals surface area contributed by atoms with Crippen LogP contribution in [-0.4, -0.2) is 31.7 Å². The maximum absolute atomic E-state index is 14.5. The molecule has 4 N–H and O–H groups in total. The van der Waals surface area contributed by atoms with Crippen molar-refractivity contribution in [2.75, 3.05) is 25.6 Å². The summed E-state index contributed by atoms with van der Waals surface area (Å²) in [6.45, 7) is 4.37. The van der Waals surface area contributed by atoms with Crippen molar-refractivity contribution < 1.29 is 18.3 Å². The molecule has 2 aromatic carbocycles. The van der Waals surface area contributed by atoms with E-state index in [1.54, 1.807) is 44.4 Å². The van der Waals surface area contributed by atoms with Crippen LogP contribution >= 0.6 is 0 Å². The maximum atomic E-state index is 14.5. The molecule has 6 nitrogen and oxygen atoms in total. The van der Waals surface area contributed by atoms with Gasteiger partial charge in [-0.2, -0.15) is 0 Å². The molecule has 2 aromatic rings. The molecule has 0 atom stereocenters. The predicted octanol–water partition coefficient (Wildman–Crippen LogP) is 5.50. The van der Waals surface area contributed by atoms with Crippen LogP contribution in [0.25, 0.3) is 0 Å². The molecule has 184 valence electrons. The molecule has 1 aliphatic heterocycles. The van der Waals surface area contributed by atoms with Crippen LogP contribution in [0.1, 0.15) is 37.8 Å². The zero-order valence-electron chi connectivity index (χ0n) is 20.2. The Bertz CT molecular complexity index is 1200. The van der Waals surface area contributed by atoms with E-state index in [1.165, 1.54) is 0 Å². The predicted molar refractivity (Wildman–Crippen MR) is 135 cm³/mol. The fourth-order valence-corrected chi connectivity index (χ4v) is 3.63. The third kappa shape index (κ3) is 6.44. The van der Waals surface area contributed by atoms with E-state index in [9.17, 15) is 8.78 Å². The molecule has 0 aromatic heterocycles. The first-order valence-corrected chi connectivity index (χ1v) is 11.4. The molecule has 0 bridgehead atoms. The molecule has 0 aliphatic carbocycles. The topological polar surface area (TPSA) is 92.7 Å². The second kappa shape index (κ2) is 12.1. The summed E-state index contributed by atoms with van der Waals surface area (Å²) >= 11 is 0. The zero-order valence-corrected chi connectivity index (χ0v) is 20.2. The van der Waals surface area contributed by atoms with E-state index in [2.05, 4.69) is 16.0 Å². The van der Waals surface area contributed by atoms with Crippen LogP contribution in [0.4, 0.5) is 14.5 Å². The lowest BCUT2D eigenvalue weighted by Crippen LogP contribution is -2.19. The number of nitrogens with zero attached hydrogens (tertiary/aromatic N) is 1. The Balaban J connectivity index is 1.86. The molecular weight excluding hydrogens is 450 g/mol. The number of benzene rings is 2. The van der Waals surface area contributed by atoms with E-state index in [-0.39, 0.29) is 23.6 Å². The van der Waals surface area contributed by atoms with Gasteiger partial charge in [0.2, 0.25) is 0 Å². The lowest BCUT2D eigenvalue weighted by atomic mass is 9.99. The van der Waals surface area contributed by atoms with E-state index < -0.39 is 11.6 Å². The van der Waals surface area contributed by atoms with Crippen molar-refractivity contribution in [3.8, 4) is 5.75 Å². The normalized spacial score (nSPS) is 13.3. The first kappa shape index (κ1) is 25.9. The van der Waals surface area contributed by atoms with Crippen molar-refractivity contribution >= 4 is 17.1 Å². The van der Waals surface area contributed by atoms with E-state index in [0.29, 0.717) is 48.0 Å². The third-order valence-corrected chi connectivity index (χ3v) is 5.49. The first-order valence-electron chi connectivity index (χ1n) is 11.4. The van der Waals surface area contributed by atoms with Crippen LogP contribution in [0.5, 0.6) is 5.75 Å². The van der Waals surface area contributed by atoms with Gasteiger partial charge in [0.25, 0.3) is 0 Å². The average Bonchev–Trinajstić information content (AvgIpc) is 2.97. The largest absolute Gasteiger partial charge is 0.494 e. The van der Waals surface area contributed by atoms with Crippen LogP contribution in [-0.2, 0) is 11.3 Å². The SMILES string of the molecule is CCOc1cc(F)c(CNc2ccccc2C(=N)C2=NC(N)=C(CCCOC)C=C=C2C)c(F)c1. The number of ether oxygens (including phenoxy) is 2. The summed E-state index contributed by atoms with van der Waals surface area (Å²) in [5.41, 5.74) is 12.3.